The van der Waals surface area contributed by atoms with Gasteiger partial charge in [-0.1, -0.05) is 24.3 Å². The molecule has 260 valence electrons. The third kappa shape index (κ3) is 7.21. The fourth-order valence-corrected chi connectivity index (χ4v) is 6.03. The van der Waals surface area contributed by atoms with Crippen molar-refractivity contribution in [3.63, 3.8) is 0 Å². The van der Waals surface area contributed by atoms with Crippen LogP contribution in [0.25, 0.3) is 28.1 Å². The van der Waals surface area contributed by atoms with Crippen molar-refractivity contribution in [2.24, 2.45) is 0 Å². The van der Waals surface area contributed by atoms with E-state index in [-0.39, 0.29) is 11.7 Å². The highest BCUT2D eigenvalue weighted by Crippen LogP contribution is 2.38. The highest BCUT2D eigenvalue weighted by atomic mass is 16.6. The summed E-state index contributed by atoms with van der Waals surface area (Å²) in [7, 11) is 6.35. The molecule has 0 spiro atoms. The fraction of sp³-hybridized carbons (Fsp3) is 0.243. The SMILES string of the molecule is COc1cc2c(cc1OC)CN(CCc1ccc(-n3nnc(-c4cc(OC)c(OC)cc4NC(=O)Oc4cnc5ccccc5n4)n3)cc1)CC2. The number of carbonyl (C=O) groups excluding carboxylic acids is 1. The quantitative estimate of drug-likeness (QED) is 0.183. The number of tetrazole rings is 1. The predicted octanol–water partition coefficient (Wildman–Crippen LogP) is 5.52. The zero-order valence-electron chi connectivity index (χ0n) is 28.6. The average molecular weight is 689 g/mol. The number of para-hydroxylation sites is 2. The average Bonchev–Trinajstić information content (AvgIpc) is 3.66. The zero-order chi connectivity index (χ0) is 35.3. The number of nitrogens with zero attached hydrogens (tertiary/aromatic N) is 7. The van der Waals surface area contributed by atoms with Crippen molar-refractivity contribution in [3.05, 3.63) is 95.7 Å². The molecule has 1 aliphatic rings. The van der Waals surface area contributed by atoms with Gasteiger partial charge in [0.2, 0.25) is 11.7 Å². The Labute approximate surface area is 293 Å². The number of methoxy groups -OCH3 is 4. The van der Waals surface area contributed by atoms with Crippen molar-refractivity contribution in [2.45, 2.75) is 19.4 Å². The second kappa shape index (κ2) is 14.7. The fourth-order valence-electron chi connectivity index (χ4n) is 6.03. The summed E-state index contributed by atoms with van der Waals surface area (Å²) in [4.78, 5) is 25.6. The Morgan fingerprint density at radius 2 is 1.51 bits per heavy atom. The summed E-state index contributed by atoms with van der Waals surface area (Å²) in [5, 5.41) is 15.9. The lowest BCUT2D eigenvalue weighted by Crippen LogP contribution is -2.32. The molecule has 0 bridgehead atoms. The number of benzene rings is 4. The number of fused-ring (bicyclic) bond motifs is 2. The number of nitrogens with one attached hydrogen (secondary N) is 1. The van der Waals surface area contributed by atoms with Gasteiger partial charge in [-0.05, 0) is 77.2 Å². The number of hydrogen-bond donors (Lipinski definition) is 1. The molecular formula is C37H36N8O6. The van der Waals surface area contributed by atoms with Gasteiger partial charge >= 0.3 is 6.09 Å². The Kier molecular flexibility index (Phi) is 9.57. The van der Waals surface area contributed by atoms with E-state index in [0.29, 0.717) is 33.8 Å². The van der Waals surface area contributed by atoms with E-state index < -0.39 is 6.09 Å². The largest absolute Gasteiger partial charge is 0.493 e. The first-order chi connectivity index (χ1) is 24.9. The monoisotopic (exact) mass is 688 g/mol. The van der Waals surface area contributed by atoms with E-state index in [4.69, 9.17) is 23.7 Å². The minimum absolute atomic E-state index is 0.0451. The van der Waals surface area contributed by atoms with Gasteiger partial charge in [0.05, 0.1) is 62.6 Å². The van der Waals surface area contributed by atoms with E-state index in [0.717, 1.165) is 49.7 Å². The highest BCUT2D eigenvalue weighted by molar-refractivity contribution is 5.92. The molecule has 14 heteroatoms. The van der Waals surface area contributed by atoms with Gasteiger partial charge in [0.1, 0.15) is 0 Å². The molecule has 0 atom stereocenters. The van der Waals surface area contributed by atoms with Crippen LogP contribution in [0, 0.1) is 0 Å². The summed E-state index contributed by atoms with van der Waals surface area (Å²) in [6, 6.07) is 22.8. The zero-order valence-corrected chi connectivity index (χ0v) is 28.6. The first kappa shape index (κ1) is 33.2. The van der Waals surface area contributed by atoms with Crippen LogP contribution in [0.5, 0.6) is 28.9 Å². The maximum atomic E-state index is 13.0. The van der Waals surface area contributed by atoms with Crippen LogP contribution in [-0.4, -0.2) is 82.7 Å². The first-order valence-corrected chi connectivity index (χ1v) is 16.3. The van der Waals surface area contributed by atoms with Gasteiger partial charge in [-0.15, -0.1) is 15.0 Å². The lowest BCUT2D eigenvalue weighted by atomic mass is 9.98. The molecule has 6 aromatic rings. The van der Waals surface area contributed by atoms with Crippen LogP contribution in [-0.2, 0) is 19.4 Å². The summed E-state index contributed by atoms with van der Waals surface area (Å²) in [6.45, 7) is 2.76. The van der Waals surface area contributed by atoms with Crippen LogP contribution in [0.4, 0.5) is 10.5 Å². The maximum absolute atomic E-state index is 13.0. The van der Waals surface area contributed by atoms with Gasteiger partial charge in [-0.25, -0.2) is 14.8 Å². The molecule has 1 N–H and O–H groups in total. The lowest BCUT2D eigenvalue weighted by molar-refractivity contribution is 0.213. The van der Waals surface area contributed by atoms with Gasteiger partial charge in [-0.2, -0.15) is 0 Å². The number of anilines is 1. The van der Waals surface area contributed by atoms with Crippen molar-refractivity contribution in [2.75, 3.05) is 46.8 Å². The summed E-state index contributed by atoms with van der Waals surface area (Å²) < 4.78 is 27.4. The molecule has 14 nitrogen and oxygen atoms in total. The van der Waals surface area contributed by atoms with Gasteiger partial charge in [0.15, 0.2) is 23.0 Å². The number of ether oxygens (including phenoxy) is 5. The standard InChI is InChI=1S/C37H36N8O6/c1-47-31-17-24-14-16-44(22-25(24)18-32(31)48-2)15-13-23-9-11-26(12-10-23)45-42-36(41-43-45)27-19-33(49-3)34(50-4)20-30(27)40-37(46)51-35-21-38-28-7-5-6-8-29(28)39-35/h5-12,17-21H,13-16,22H2,1-4H3,(H,40,46). The Hall–Kier alpha value is -6.28. The number of aromatic nitrogens is 6. The summed E-state index contributed by atoms with van der Waals surface area (Å²) in [5.74, 6) is 2.63. The van der Waals surface area contributed by atoms with Crippen LogP contribution in [0.3, 0.4) is 0 Å². The van der Waals surface area contributed by atoms with Crippen LogP contribution >= 0.6 is 0 Å². The van der Waals surface area contributed by atoms with Gasteiger partial charge in [-0.3, -0.25) is 10.2 Å². The third-order valence-corrected chi connectivity index (χ3v) is 8.72. The van der Waals surface area contributed by atoms with Crippen molar-refractivity contribution in [3.8, 4) is 46.0 Å². The predicted molar refractivity (Wildman–Crippen MR) is 189 cm³/mol. The molecule has 4 aromatic carbocycles. The summed E-state index contributed by atoms with van der Waals surface area (Å²) >= 11 is 0. The molecule has 1 aliphatic heterocycles. The van der Waals surface area contributed by atoms with Crippen molar-refractivity contribution >= 4 is 22.8 Å². The lowest BCUT2D eigenvalue weighted by Gasteiger charge is -2.29. The Morgan fingerprint density at radius 3 is 2.25 bits per heavy atom. The summed E-state index contributed by atoms with van der Waals surface area (Å²) in [6.07, 6.45) is 2.45. The molecule has 0 radical (unpaired) electrons. The van der Waals surface area contributed by atoms with E-state index in [2.05, 4.69) is 59.9 Å². The van der Waals surface area contributed by atoms with E-state index in [1.807, 2.05) is 30.3 Å². The molecule has 51 heavy (non-hydrogen) atoms. The number of hydrogen-bond acceptors (Lipinski definition) is 12. The Morgan fingerprint density at radius 1 is 0.824 bits per heavy atom. The second-order valence-corrected chi connectivity index (χ2v) is 11.8. The van der Waals surface area contributed by atoms with Crippen LogP contribution in [0.15, 0.2) is 79.0 Å². The first-order valence-electron chi connectivity index (χ1n) is 16.3. The molecule has 3 heterocycles. The van der Waals surface area contributed by atoms with Crippen molar-refractivity contribution in [1.82, 2.24) is 35.1 Å². The molecule has 7 rings (SSSR count). The van der Waals surface area contributed by atoms with Crippen LogP contribution in [0.1, 0.15) is 16.7 Å². The molecule has 2 aromatic heterocycles. The van der Waals surface area contributed by atoms with Crippen molar-refractivity contribution in [1.29, 1.82) is 0 Å². The maximum Gasteiger partial charge on any atom is 0.418 e. The minimum Gasteiger partial charge on any atom is -0.493 e. The molecular weight excluding hydrogens is 652 g/mol. The molecule has 0 saturated carbocycles. The molecule has 0 saturated heterocycles. The molecule has 0 fully saturated rings. The van der Waals surface area contributed by atoms with E-state index in [1.54, 1.807) is 32.4 Å². The second-order valence-electron chi connectivity index (χ2n) is 11.8. The highest BCUT2D eigenvalue weighted by Gasteiger charge is 2.21. The number of amides is 1. The number of carbonyl (C=O) groups is 1. The molecule has 0 unspecified atom stereocenters. The Balaban J connectivity index is 1.04. The van der Waals surface area contributed by atoms with Crippen molar-refractivity contribution < 1.29 is 28.5 Å². The third-order valence-electron chi connectivity index (χ3n) is 8.72. The van der Waals surface area contributed by atoms with Gasteiger partial charge < -0.3 is 23.7 Å². The Bertz CT molecular complexity index is 2190. The smallest absolute Gasteiger partial charge is 0.418 e. The number of rotatable bonds is 11. The molecule has 1 amide bonds. The molecule has 0 aliphatic carbocycles. The topological polar surface area (TPSA) is 148 Å². The van der Waals surface area contributed by atoms with Gasteiger partial charge in [0, 0.05) is 25.7 Å². The normalized spacial score (nSPS) is 12.6. The minimum atomic E-state index is -0.787. The van der Waals surface area contributed by atoms with E-state index in [1.165, 1.54) is 41.9 Å². The van der Waals surface area contributed by atoms with E-state index in [9.17, 15) is 4.79 Å². The van der Waals surface area contributed by atoms with Gasteiger partial charge in [0.25, 0.3) is 0 Å². The van der Waals surface area contributed by atoms with E-state index >= 15 is 0 Å². The van der Waals surface area contributed by atoms with Crippen LogP contribution in [0.2, 0.25) is 0 Å². The summed E-state index contributed by atoms with van der Waals surface area (Å²) in [5.41, 5.74) is 6.54. The van der Waals surface area contributed by atoms with Crippen LogP contribution < -0.4 is 29.0 Å².